The van der Waals surface area contributed by atoms with Crippen molar-refractivity contribution in [2.24, 2.45) is 12.8 Å². The zero-order valence-electron chi connectivity index (χ0n) is 22.4. The van der Waals surface area contributed by atoms with E-state index in [1.165, 1.54) is 0 Å². The van der Waals surface area contributed by atoms with Gasteiger partial charge < -0.3 is 20.9 Å². The first-order valence-electron chi connectivity index (χ1n) is 12.5. The van der Waals surface area contributed by atoms with Crippen molar-refractivity contribution in [1.29, 1.82) is 0 Å². The third-order valence-corrected chi connectivity index (χ3v) is 7.95. The van der Waals surface area contributed by atoms with Crippen LogP contribution in [0.15, 0.2) is 48.7 Å². The van der Waals surface area contributed by atoms with E-state index in [9.17, 15) is 26.4 Å². The number of aliphatic carboxylic acids is 1. The fourth-order valence-corrected chi connectivity index (χ4v) is 5.48. The van der Waals surface area contributed by atoms with Crippen LogP contribution in [0.1, 0.15) is 15.9 Å². The average molecular weight is 632 g/mol. The summed E-state index contributed by atoms with van der Waals surface area (Å²) in [6.07, 6.45) is -3.53. The summed E-state index contributed by atoms with van der Waals surface area (Å²) in [5, 5.41) is 14.7. The number of halogens is 4. The van der Waals surface area contributed by atoms with E-state index < -0.39 is 22.0 Å². The highest BCUT2D eigenvalue weighted by atomic mass is 35.5. The number of nitrogens with two attached hydrogens (primary N) is 1. The van der Waals surface area contributed by atoms with Gasteiger partial charge in [0.25, 0.3) is 5.91 Å². The first kappa shape index (κ1) is 32.8. The molecule has 0 radical (unpaired) electrons. The molecule has 0 bridgehead atoms. The number of aryl methyl sites for hydroxylation is 1. The summed E-state index contributed by atoms with van der Waals surface area (Å²) in [5.74, 6) is -2.04. The van der Waals surface area contributed by atoms with Gasteiger partial charge in [-0.1, -0.05) is 23.7 Å². The molecule has 1 saturated heterocycles. The van der Waals surface area contributed by atoms with E-state index in [-0.39, 0.29) is 17.4 Å². The third-order valence-electron chi connectivity index (χ3n) is 6.06. The van der Waals surface area contributed by atoms with Crippen molar-refractivity contribution in [1.82, 2.24) is 14.7 Å². The number of hydrogen-bond donors (Lipinski definition) is 3. The molecule has 0 saturated carbocycles. The smallest absolute Gasteiger partial charge is 0.490 e. The second-order valence-corrected chi connectivity index (χ2v) is 11.9. The quantitative estimate of drug-likeness (QED) is 0.340. The number of benzene rings is 2. The molecule has 11 nitrogen and oxygen atoms in total. The lowest BCUT2D eigenvalue weighted by Crippen LogP contribution is -2.39. The number of sulfone groups is 1. The fourth-order valence-electron chi connectivity index (χ4n) is 3.93. The number of carbonyl (C=O) groups excluding carboxylic acids is 1. The van der Waals surface area contributed by atoms with Gasteiger partial charge in [-0.15, -0.1) is 0 Å². The molecule has 0 aliphatic carbocycles. The van der Waals surface area contributed by atoms with Crippen LogP contribution in [-0.2, 0) is 28.2 Å². The number of alkyl halides is 3. The summed E-state index contributed by atoms with van der Waals surface area (Å²) in [6.45, 7) is 2.41. The van der Waals surface area contributed by atoms with Gasteiger partial charge >= 0.3 is 12.1 Å². The highest BCUT2D eigenvalue weighted by Gasteiger charge is 2.38. The zero-order chi connectivity index (χ0) is 31.1. The maximum atomic E-state index is 12.9. The third kappa shape index (κ3) is 9.17. The molecule has 16 heteroatoms. The van der Waals surface area contributed by atoms with Gasteiger partial charge in [-0.25, -0.2) is 13.2 Å². The molecular weight excluding hydrogens is 603 g/mol. The Kier molecular flexibility index (Phi) is 11.0. The van der Waals surface area contributed by atoms with E-state index in [4.69, 9.17) is 32.0 Å². The van der Waals surface area contributed by atoms with Gasteiger partial charge in [0.05, 0.1) is 28.4 Å². The predicted octanol–water partition coefficient (Wildman–Crippen LogP) is 3.19. The molecule has 228 valence electrons. The minimum absolute atomic E-state index is 0.190. The van der Waals surface area contributed by atoms with Gasteiger partial charge in [0.2, 0.25) is 0 Å². The highest BCUT2D eigenvalue weighted by Crippen LogP contribution is 2.36. The van der Waals surface area contributed by atoms with Crippen molar-refractivity contribution in [2.75, 3.05) is 43.1 Å². The van der Waals surface area contributed by atoms with E-state index in [0.29, 0.717) is 66.1 Å². The van der Waals surface area contributed by atoms with Gasteiger partial charge in [0, 0.05) is 50.0 Å². The molecule has 4 rings (SSSR count). The van der Waals surface area contributed by atoms with Crippen LogP contribution in [0, 0.1) is 0 Å². The summed E-state index contributed by atoms with van der Waals surface area (Å²) in [5.41, 5.74) is 9.07. The lowest BCUT2D eigenvalue weighted by Gasteiger charge is -2.26. The van der Waals surface area contributed by atoms with E-state index in [0.717, 1.165) is 5.56 Å². The molecule has 0 spiro atoms. The lowest BCUT2D eigenvalue weighted by atomic mass is 10.1. The van der Waals surface area contributed by atoms with E-state index in [1.54, 1.807) is 48.3 Å². The summed E-state index contributed by atoms with van der Waals surface area (Å²) >= 11 is 6.35. The highest BCUT2D eigenvalue weighted by molar-refractivity contribution is 7.91. The van der Waals surface area contributed by atoms with Crippen molar-refractivity contribution < 1.29 is 41.0 Å². The molecule has 2 aromatic carbocycles. The van der Waals surface area contributed by atoms with Crippen molar-refractivity contribution in [2.45, 2.75) is 12.7 Å². The van der Waals surface area contributed by atoms with Crippen LogP contribution in [0.2, 0.25) is 5.02 Å². The Labute approximate surface area is 244 Å². The van der Waals surface area contributed by atoms with Crippen molar-refractivity contribution >= 4 is 39.0 Å². The van der Waals surface area contributed by atoms with Crippen LogP contribution >= 0.6 is 11.6 Å². The standard InChI is InChI=1S/C24H28ClN5O4S.C2HF3O2/c1-29-23(21(25)15-27-29)20-14-19(6-7-22(20)34-11-8-26)28-24(31)18-4-2-17(3-5-18)16-30-9-12-35(32,33)13-10-30;3-2(4,5)1(6)7/h2-7,14-15H,8-13,16,26H2,1H3,(H,28,31);(H,6,7). The maximum absolute atomic E-state index is 12.9. The number of hydrogen-bond acceptors (Lipinski definition) is 8. The molecule has 0 atom stereocenters. The normalized spacial score (nSPS) is 14.9. The van der Waals surface area contributed by atoms with Gasteiger partial charge in [-0.05, 0) is 35.9 Å². The number of aromatic nitrogens is 2. The predicted molar refractivity (Wildman–Crippen MR) is 150 cm³/mol. The Balaban J connectivity index is 0.000000616. The average Bonchev–Trinajstić information content (AvgIpc) is 3.26. The number of nitrogens with zero attached hydrogens (tertiary/aromatic N) is 3. The number of carboxylic acids is 1. The Bertz CT molecular complexity index is 1480. The number of rotatable bonds is 8. The summed E-state index contributed by atoms with van der Waals surface area (Å²) in [4.78, 5) is 23.9. The Morgan fingerprint density at radius 3 is 2.29 bits per heavy atom. The summed E-state index contributed by atoms with van der Waals surface area (Å²) < 4.78 is 62.4. The zero-order valence-corrected chi connectivity index (χ0v) is 24.0. The number of anilines is 1. The molecule has 1 amide bonds. The van der Waals surface area contributed by atoms with Crippen LogP contribution in [0.3, 0.4) is 0 Å². The molecule has 0 unspecified atom stereocenters. The van der Waals surface area contributed by atoms with E-state index in [1.807, 2.05) is 12.1 Å². The van der Waals surface area contributed by atoms with Gasteiger partial charge in [-0.3, -0.25) is 14.4 Å². The van der Waals surface area contributed by atoms with Crippen molar-refractivity contribution in [3.63, 3.8) is 0 Å². The minimum Gasteiger partial charge on any atom is -0.492 e. The largest absolute Gasteiger partial charge is 0.492 e. The Morgan fingerprint density at radius 2 is 1.76 bits per heavy atom. The molecule has 1 aromatic heterocycles. The fraction of sp³-hybridized carbons (Fsp3) is 0.346. The van der Waals surface area contributed by atoms with Crippen LogP contribution < -0.4 is 15.8 Å². The SMILES string of the molecule is Cn1ncc(Cl)c1-c1cc(NC(=O)c2ccc(CN3CCS(=O)(=O)CC3)cc2)ccc1OCCN.O=C(O)C(F)(F)F. The van der Waals surface area contributed by atoms with E-state index >= 15 is 0 Å². The molecule has 4 N–H and O–H groups in total. The lowest BCUT2D eigenvalue weighted by molar-refractivity contribution is -0.192. The number of carboxylic acid groups (broad SMARTS) is 1. The van der Waals surface area contributed by atoms with E-state index in [2.05, 4.69) is 15.3 Å². The monoisotopic (exact) mass is 631 g/mol. The van der Waals surface area contributed by atoms with Crippen molar-refractivity contribution in [3.05, 3.63) is 64.8 Å². The summed E-state index contributed by atoms with van der Waals surface area (Å²) in [6, 6.07) is 12.6. The molecular formula is C26H29ClF3N5O6S. The second-order valence-electron chi connectivity index (χ2n) is 9.19. The first-order valence-corrected chi connectivity index (χ1v) is 14.7. The maximum Gasteiger partial charge on any atom is 0.490 e. The number of nitrogens with one attached hydrogen (secondary N) is 1. The van der Waals surface area contributed by atoms with Crippen LogP contribution in [-0.4, -0.2) is 84.0 Å². The van der Waals surface area contributed by atoms with Crippen molar-refractivity contribution in [3.8, 4) is 17.0 Å². The van der Waals surface area contributed by atoms with Crippen LogP contribution in [0.4, 0.5) is 18.9 Å². The summed E-state index contributed by atoms with van der Waals surface area (Å²) in [7, 11) is -1.12. The molecule has 1 aliphatic rings. The minimum atomic E-state index is -5.08. The molecule has 1 aliphatic heterocycles. The van der Waals surface area contributed by atoms with Gasteiger partial charge in [-0.2, -0.15) is 18.3 Å². The van der Waals surface area contributed by atoms with Crippen LogP contribution in [0.5, 0.6) is 5.75 Å². The topological polar surface area (TPSA) is 157 Å². The first-order chi connectivity index (χ1) is 19.7. The van der Waals surface area contributed by atoms with Gasteiger partial charge in [0.1, 0.15) is 12.4 Å². The Hall–Kier alpha value is -3.66. The second kappa shape index (κ2) is 14.0. The Morgan fingerprint density at radius 1 is 1.14 bits per heavy atom. The number of amides is 1. The number of ether oxygens (including phenoxy) is 1. The molecule has 3 aromatic rings. The molecule has 2 heterocycles. The van der Waals surface area contributed by atoms with Gasteiger partial charge in [0.15, 0.2) is 9.84 Å². The number of carbonyl (C=O) groups is 2. The molecule has 42 heavy (non-hydrogen) atoms. The van der Waals surface area contributed by atoms with Crippen LogP contribution in [0.25, 0.3) is 11.3 Å². The molecule has 1 fully saturated rings.